The number of carbonyl (C=O) groups excluding carboxylic acids is 1. The van der Waals surface area contributed by atoms with E-state index in [2.05, 4.69) is 27.4 Å². The highest BCUT2D eigenvalue weighted by molar-refractivity contribution is 5.89. The van der Waals surface area contributed by atoms with E-state index in [9.17, 15) is 4.79 Å². The number of nitrogens with zero attached hydrogens (tertiary/aromatic N) is 4. The van der Waals surface area contributed by atoms with Crippen LogP contribution in [0.1, 0.15) is 38.1 Å². The highest BCUT2D eigenvalue weighted by atomic mass is 16.2. The van der Waals surface area contributed by atoms with Gasteiger partial charge in [0.05, 0.1) is 6.04 Å². The van der Waals surface area contributed by atoms with E-state index < -0.39 is 0 Å². The summed E-state index contributed by atoms with van der Waals surface area (Å²) < 4.78 is 1.97. The van der Waals surface area contributed by atoms with Gasteiger partial charge in [-0.25, -0.2) is 4.79 Å². The molecule has 4 rings (SSSR count). The van der Waals surface area contributed by atoms with Crippen LogP contribution < -0.4 is 10.2 Å². The van der Waals surface area contributed by atoms with Gasteiger partial charge in [0.15, 0.2) is 0 Å². The van der Waals surface area contributed by atoms with Crippen molar-refractivity contribution in [3.8, 4) is 0 Å². The first-order valence-electron chi connectivity index (χ1n) is 9.70. The molecule has 1 atom stereocenters. The predicted octanol–water partition coefficient (Wildman–Crippen LogP) is 3.74. The third kappa shape index (κ3) is 3.84. The molecule has 2 aliphatic heterocycles. The van der Waals surface area contributed by atoms with Gasteiger partial charge in [-0.15, -0.1) is 0 Å². The Morgan fingerprint density at radius 2 is 1.85 bits per heavy atom. The Hall–Kier alpha value is -2.50. The highest BCUT2D eigenvalue weighted by Crippen LogP contribution is 2.24. The van der Waals surface area contributed by atoms with E-state index in [1.807, 2.05) is 34.0 Å². The number of amides is 2. The lowest BCUT2D eigenvalue weighted by Crippen LogP contribution is -2.43. The lowest BCUT2D eigenvalue weighted by Gasteiger charge is -2.33. The molecule has 138 valence electrons. The number of urea groups is 1. The van der Waals surface area contributed by atoms with E-state index in [-0.39, 0.29) is 12.1 Å². The van der Waals surface area contributed by atoms with Gasteiger partial charge in [0, 0.05) is 49.9 Å². The maximum atomic E-state index is 12.6. The van der Waals surface area contributed by atoms with Gasteiger partial charge in [0.25, 0.3) is 0 Å². The minimum absolute atomic E-state index is 0.0208. The van der Waals surface area contributed by atoms with Gasteiger partial charge in [-0.2, -0.15) is 5.10 Å². The number of anilines is 2. The second-order valence-electron chi connectivity index (χ2n) is 7.25. The van der Waals surface area contributed by atoms with Crippen LogP contribution >= 0.6 is 0 Å². The molecule has 2 fully saturated rings. The van der Waals surface area contributed by atoms with Crippen molar-refractivity contribution >= 4 is 17.4 Å². The summed E-state index contributed by atoms with van der Waals surface area (Å²) in [6.07, 6.45) is 9.71. The monoisotopic (exact) mass is 353 g/mol. The molecule has 0 radical (unpaired) electrons. The van der Waals surface area contributed by atoms with Crippen molar-refractivity contribution in [1.29, 1.82) is 0 Å². The molecular formula is C20H27N5O. The predicted molar refractivity (Wildman–Crippen MR) is 104 cm³/mol. The summed E-state index contributed by atoms with van der Waals surface area (Å²) in [4.78, 5) is 17.0. The molecule has 2 aromatic rings. The van der Waals surface area contributed by atoms with Crippen LogP contribution in [0.4, 0.5) is 16.2 Å². The molecule has 26 heavy (non-hydrogen) atoms. The van der Waals surface area contributed by atoms with Crippen LogP contribution in [0.3, 0.4) is 0 Å². The molecule has 6 heteroatoms. The number of hydrogen-bond donors (Lipinski definition) is 1. The van der Waals surface area contributed by atoms with Gasteiger partial charge in [-0.1, -0.05) is 0 Å². The van der Waals surface area contributed by atoms with Crippen molar-refractivity contribution in [2.24, 2.45) is 0 Å². The molecule has 6 nitrogen and oxygen atoms in total. The quantitative estimate of drug-likeness (QED) is 0.914. The molecule has 1 aromatic heterocycles. The molecule has 1 unspecified atom stereocenters. The van der Waals surface area contributed by atoms with Crippen molar-refractivity contribution in [3.63, 3.8) is 0 Å². The maximum absolute atomic E-state index is 12.6. The molecule has 0 aliphatic carbocycles. The summed E-state index contributed by atoms with van der Waals surface area (Å²) in [5, 5.41) is 7.37. The summed E-state index contributed by atoms with van der Waals surface area (Å²) in [5.74, 6) is 0. The van der Waals surface area contributed by atoms with E-state index in [1.54, 1.807) is 6.20 Å². The first-order chi connectivity index (χ1) is 12.8. The fourth-order valence-corrected chi connectivity index (χ4v) is 3.96. The minimum Gasteiger partial charge on any atom is -0.372 e. The van der Waals surface area contributed by atoms with Crippen molar-refractivity contribution in [2.75, 3.05) is 36.4 Å². The first-order valence-corrected chi connectivity index (χ1v) is 9.70. The third-order valence-corrected chi connectivity index (χ3v) is 5.42. The minimum atomic E-state index is -0.0208. The summed E-state index contributed by atoms with van der Waals surface area (Å²) in [6, 6.07) is 10.4. The zero-order valence-corrected chi connectivity index (χ0v) is 15.2. The number of likely N-dealkylation sites (tertiary alicyclic amines) is 1. The second-order valence-corrected chi connectivity index (χ2v) is 7.25. The highest BCUT2D eigenvalue weighted by Gasteiger charge is 2.25. The van der Waals surface area contributed by atoms with Crippen molar-refractivity contribution < 1.29 is 4.79 Å². The van der Waals surface area contributed by atoms with E-state index in [0.717, 1.165) is 38.2 Å². The SMILES string of the molecule is O=C(Nc1ccc(N2CCCCC2)cc1)N1CCCC(n2cccn2)C1. The van der Waals surface area contributed by atoms with Gasteiger partial charge in [0.1, 0.15) is 0 Å². The third-order valence-electron chi connectivity index (χ3n) is 5.42. The van der Waals surface area contributed by atoms with Crippen LogP contribution in [-0.4, -0.2) is 46.9 Å². The Morgan fingerprint density at radius 1 is 1.04 bits per heavy atom. The molecule has 2 amide bonds. The normalized spacial score (nSPS) is 20.8. The smallest absolute Gasteiger partial charge is 0.321 e. The zero-order valence-electron chi connectivity index (χ0n) is 15.2. The molecular weight excluding hydrogens is 326 g/mol. The average molecular weight is 353 g/mol. The van der Waals surface area contributed by atoms with Gasteiger partial charge < -0.3 is 15.1 Å². The Kier molecular flexibility index (Phi) is 5.09. The summed E-state index contributed by atoms with van der Waals surface area (Å²) in [5.41, 5.74) is 2.11. The van der Waals surface area contributed by atoms with E-state index in [4.69, 9.17) is 0 Å². The number of aromatic nitrogens is 2. The molecule has 1 N–H and O–H groups in total. The van der Waals surface area contributed by atoms with Crippen LogP contribution in [-0.2, 0) is 0 Å². The number of carbonyl (C=O) groups is 1. The fraction of sp³-hybridized carbons (Fsp3) is 0.500. The topological polar surface area (TPSA) is 53.4 Å². The molecule has 0 bridgehead atoms. The lowest BCUT2D eigenvalue weighted by molar-refractivity contribution is 0.175. The zero-order chi connectivity index (χ0) is 17.8. The number of hydrogen-bond acceptors (Lipinski definition) is 3. The Bertz CT molecular complexity index is 706. The fourth-order valence-electron chi connectivity index (χ4n) is 3.96. The maximum Gasteiger partial charge on any atom is 0.321 e. The van der Waals surface area contributed by atoms with Crippen LogP contribution in [0.2, 0.25) is 0 Å². The largest absolute Gasteiger partial charge is 0.372 e. The average Bonchev–Trinajstić information content (AvgIpc) is 3.24. The number of rotatable bonds is 3. The van der Waals surface area contributed by atoms with Crippen LogP contribution in [0.15, 0.2) is 42.7 Å². The molecule has 2 aliphatic rings. The van der Waals surface area contributed by atoms with Crippen LogP contribution in [0.25, 0.3) is 0 Å². The van der Waals surface area contributed by atoms with E-state index in [0.29, 0.717) is 6.54 Å². The molecule has 1 aromatic carbocycles. The van der Waals surface area contributed by atoms with Crippen molar-refractivity contribution in [1.82, 2.24) is 14.7 Å². The standard InChI is InChI=1S/C20H27N5O/c26-20(24-14-4-6-19(16-24)25-15-5-11-21-25)22-17-7-9-18(10-8-17)23-12-2-1-3-13-23/h5,7-11,15,19H,1-4,6,12-14,16H2,(H,22,26). The van der Waals surface area contributed by atoms with Gasteiger partial charge in [-0.3, -0.25) is 4.68 Å². The van der Waals surface area contributed by atoms with Crippen molar-refractivity contribution in [3.05, 3.63) is 42.7 Å². The molecule has 0 saturated carbocycles. The first kappa shape index (κ1) is 16.9. The lowest BCUT2D eigenvalue weighted by atomic mass is 10.1. The van der Waals surface area contributed by atoms with E-state index >= 15 is 0 Å². The molecule has 2 saturated heterocycles. The molecule has 0 spiro atoms. The number of nitrogens with one attached hydrogen (secondary N) is 1. The summed E-state index contributed by atoms with van der Waals surface area (Å²) >= 11 is 0. The number of benzene rings is 1. The van der Waals surface area contributed by atoms with Crippen LogP contribution in [0.5, 0.6) is 0 Å². The van der Waals surface area contributed by atoms with Crippen molar-refractivity contribution in [2.45, 2.75) is 38.1 Å². The second kappa shape index (κ2) is 7.81. The Morgan fingerprint density at radius 3 is 2.58 bits per heavy atom. The Labute approximate surface area is 154 Å². The van der Waals surface area contributed by atoms with Gasteiger partial charge >= 0.3 is 6.03 Å². The number of piperidine rings is 2. The van der Waals surface area contributed by atoms with Gasteiger partial charge in [0.2, 0.25) is 0 Å². The summed E-state index contributed by atoms with van der Waals surface area (Å²) in [7, 11) is 0. The van der Waals surface area contributed by atoms with Gasteiger partial charge in [-0.05, 0) is 62.4 Å². The van der Waals surface area contributed by atoms with Crippen LogP contribution in [0, 0.1) is 0 Å². The Balaban J connectivity index is 1.35. The summed E-state index contributed by atoms with van der Waals surface area (Å²) in [6.45, 7) is 3.78. The van der Waals surface area contributed by atoms with E-state index in [1.165, 1.54) is 24.9 Å². The molecule has 3 heterocycles.